The minimum Gasteiger partial charge on any atom is -0.465 e. The number of hydrogen-bond acceptors (Lipinski definition) is 3. The van der Waals surface area contributed by atoms with Crippen LogP contribution in [0.4, 0.5) is 0 Å². The van der Waals surface area contributed by atoms with Gasteiger partial charge >= 0.3 is 5.97 Å². The number of hydrogen-bond donors (Lipinski definition) is 0. The van der Waals surface area contributed by atoms with Gasteiger partial charge in [0.25, 0.3) is 0 Å². The number of ether oxygens (including phenoxy) is 1. The molecule has 1 amide bonds. The zero-order valence-electron chi connectivity index (χ0n) is 12.6. The van der Waals surface area contributed by atoms with Gasteiger partial charge in [0.15, 0.2) is 0 Å². The van der Waals surface area contributed by atoms with Gasteiger partial charge in [-0.15, -0.1) is 0 Å². The smallest absolute Gasteiger partial charge is 0.325 e. The van der Waals surface area contributed by atoms with Crippen LogP contribution in [0.15, 0.2) is 42.5 Å². The molecule has 0 saturated carbocycles. The van der Waals surface area contributed by atoms with Crippen molar-refractivity contribution in [3.8, 4) is 0 Å². The third-order valence-electron chi connectivity index (χ3n) is 4.10. The largest absolute Gasteiger partial charge is 0.465 e. The Morgan fingerprint density at radius 3 is 2.82 bits per heavy atom. The number of amides is 1. The number of likely N-dealkylation sites (tertiary alicyclic amines) is 1. The summed E-state index contributed by atoms with van der Waals surface area (Å²) in [6, 6.07) is 14.4. The Balaban J connectivity index is 1.81. The number of carbonyl (C=O) groups is 2. The molecule has 1 heterocycles. The summed E-state index contributed by atoms with van der Waals surface area (Å²) in [5, 5.41) is 2.36. The number of esters is 1. The van der Waals surface area contributed by atoms with Gasteiger partial charge in [0.05, 0.1) is 6.61 Å². The topological polar surface area (TPSA) is 46.6 Å². The second-order valence-corrected chi connectivity index (χ2v) is 5.55. The maximum absolute atomic E-state index is 12.2. The molecule has 1 atom stereocenters. The summed E-state index contributed by atoms with van der Waals surface area (Å²) >= 11 is 0. The van der Waals surface area contributed by atoms with Crippen LogP contribution in [0.2, 0.25) is 0 Å². The van der Waals surface area contributed by atoms with Crippen LogP contribution >= 0.6 is 0 Å². The molecule has 1 unspecified atom stereocenters. The summed E-state index contributed by atoms with van der Waals surface area (Å²) < 4.78 is 4.93. The van der Waals surface area contributed by atoms with E-state index < -0.39 is 0 Å². The summed E-state index contributed by atoms with van der Waals surface area (Å²) in [5.74, 6) is -0.187. The standard InChI is InChI=1S/C18H19NO3/c1-2-22-18(21)12-19-11-14(10-17(19)20)16-9-5-7-13-6-3-4-8-15(13)16/h3-9,14H,2,10-12H2,1H3. The molecule has 1 aliphatic heterocycles. The second-order valence-electron chi connectivity index (χ2n) is 5.55. The molecule has 1 fully saturated rings. The maximum Gasteiger partial charge on any atom is 0.325 e. The number of rotatable bonds is 4. The monoisotopic (exact) mass is 297 g/mol. The Morgan fingerprint density at radius 1 is 1.23 bits per heavy atom. The second kappa shape index (κ2) is 6.18. The summed E-state index contributed by atoms with van der Waals surface area (Å²) in [5.41, 5.74) is 1.18. The van der Waals surface area contributed by atoms with E-state index >= 15 is 0 Å². The molecular weight excluding hydrogens is 278 g/mol. The van der Waals surface area contributed by atoms with E-state index in [9.17, 15) is 9.59 Å². The molecule has 0 aromatic heterocycles. The molecule has 0 aliphatic carbocycles. The molecule has 1 aliphatic rings. The Kier molecular flexibility index (Phi) is 4.09. The first-order chi connectivity index (χ1) is 10.7. The molecule has 22 heavy (non-hydrogen) atoms. The molecule has 2 aromatic rings. The van der Waals surface area contributed by atoms with Crippen LogP contribution in [0.25, 0.3) is 10.8 Å². The average Bonchev–Trinajstić information content (AvgIpc) is 2.88. The van der Waals surface area contributed by atoms with Gasteiger partial charge in [-0.2, -0.15) is 0 Å². The predicted octanol–water partition coefficient (Wildman–Crippen LogP) is 2.72. The van der Waals surface area contributed by atoms with Crippen LogP contribution in [-0.2, 0) is 14.3 Å². The van der Waals surface area contributed by atoms with Crippen molar-refractivity contribution in [3.63, 3.8) is 0 Å². The van der Waals surface area contributed by atoms with Crippen LogP contribution in [0.1, 0.15) is 24.8 Å². The normalized spacial score (nSPS) is 18.0. The van der Waals surface area contributed by atoms with Gasteiger partial charge in [-0.1, -0.05) is 42.5 Å². The van der Waals surface area contributed by atoms with Crippen molar-refractivity contribution in [1.82, 2.24) is 4.90 Å². The van der Waals surface area contributed by atoms with Crippen molar-refractivity contribution in [2.24, 2.45) is 0 Å². The molecular formula is C18H19NO3. The summed E-state index contributed by atoms with van der Waals surface area (Å²) in [7, 11) is 0. The quantitative estimate of drug-likeness (QED) is 0.815. The van der Waals surface area contributed by atoms with Crippen molar-refractivity contribution < 1.29 is 14.3 Å². The van der Waals surface area contributed by atoms with Gasteiger partial charge in [-0.25, -0.2) is 0 Å². The molecule has 0 bridgehead atoms. The van der Waals surface area contributed by atoms with E-state index in [0.717, 1.165) is 0 Å². The van der Waals surface area contributed by atoms with Crippen LogP contribution < -0.4 is 0 Å². The Labute approximate surface area is 129 Å². The summed E-state index contributed by atoms with van der Waals surface area (Å²) in [6.45, 7) is 2.73. The first kappa shape index (κ1) is 14.6. The SMILES string of the molecule is CCOC(=O)CN1CC(c2cccc3ccccc23)CC1=O. The lowest BCUT2D eigenvalue weighted by molar-refractivity contribution is -0.147. The third kappa shape index (κ3) is 2.82. The Bertz CT molecular complexity index is 705. The number of carbonyl (C=O) groups excluding carboxylic acids is 2. The molecule has 4 nitrogen and oxygen atoms in total. The fourth-order valence-electron chi connectivity index (χ4n) is 3.10. The molecule has 114 valence electrons. The predicted molar refractivity (Wildman–Crippen MR) is 84.5 cm³/mol. The van der Waals surface area contributed by atoms with Gasteiger partial charge in [-0.05, 0) is 23.3 Å². The minimum atomic E-state index is -0.339. The highest BCUT2D eigenvalue weighted by Gasteiger charge is 2.32. The summed E-state index contributed by atoms with van der Waals surface area (Å²) in [4.78, 5) is 25.3. The van der Waals surface area contributed by atoms with Gasteiger partial charge in [0, 0.05) is 18.9 Å². The molecule has 0 radical (unpaired) electrons. The van der Waals surface area contributed by atoms with E-state index in [4.69, 9.17) is 4.74 Å². The zero-order chi connectivity index (χ0) is 15.5. The molecule has 0 N–H and O–H groups in total. The van der Waals surface area contributed by atoms with Crippen LogP contribution in [0.5, 0.6) is 0 Å². The number of nitrogens with zero attached hydrogens (tertiary/aromatic N) is 1. The highest BCUT2D eigenvalue weighted by Crippen LogP contribution is 2.32. The molecule has 4 heteroatoms. The van der Waals surface area contributed by atoms with Crippen molar-refractivity contribution >= 4 is 22.6 Å². The average molecular weight is 297 g/mol. The van der Waals surface area contributed by atoms with E-state index in [0.29, 0.717) is 19.6 Å². The van der Waals surface area contributed by atoms with Crippen LogP contribution in [-0.4, -0.2) is 36.5 Å². The van der Waals surface area contributed by atoms with E-state index in [1.807, 2.05) is 18.2 Å². The number of benzene rings is 2. The van der Waals surface area contributed by atoms with Gasteiger partial charge in [0.2, 0.25) is 5.91 Å². The van der Waals surface area contributed by atoms with E-state index in [2.05, 4.69) is 24.3 Å². The minimum absolute atomic E-state index is 0.0194. The van der Waals surface area contributed by atoms with Gasteiger partial charge in [0.1, 0.15) is 6.54 Å². The number of fused-ring (bicyclic) bond motifs is 1. The first-order valence-corrected chi connectivity index (χ1v) is 7.60. The van der Waals surface area contributed by atoms with E-state index in [-0.39, 0.29) is 24.3 Å². The Hall–Kier alpha value is -2.36. The third-order valence-corrected chi connectivity index (χ3v) is 4.10. The van der Waals surface area contributed by atoms with Gasteiger partial charge < -0.3 is 9.64 Å². The van der Waals surface area contributed by atoms with Crippen molar-refractivity contribution in [2.75, 3.05) is 19.7 Å². The summed E-state index contributed by atoms with van der Waals surface area (Å²) in [6.07, 6.45) is 0.452. The lowest BCUT2D eigenvalue weighted by Gasteiger charge is -2.16. The van der Waals surface area contributed by atoms with Crippen molar-refractivity contribution in [2.45, 2.75) is 19.3 Å². The first-order valence-electron chi connectivity index (χ1n) is 7.60. The van der Waals surface area contributed by atoms with Crippen molar-refractivity contribution in [3.05, 3.63) is 48.0 Å². The highest BCUT2D eigenvalue weighted by molar-refractivity contribution is 5.89. The maximum atomic E-state index is 12.2. The van der Waals surface area contributed by atoms with Gasteiger partial charge in [-0.3, -0.25) is 9.59 Å². The van der Waals surface area contributed by atoms with E-state index in [1.165, 1.54) is 16.3 Å². The molecule has 1 saturated heterocycles. The van der Waals surface area contributed by atoms with Crippen LogP contribution in [0, 0.1) is 0 Å². The molecule has 0 spiro atoms. The zero-order valence-corrected chi connectivity index (χ0v) is 12.6. The fourth-order valence-corrected chi connectivity index (χ4v) is 3.10. The van der Waals surface area contributed by atoms with E-state index in [1.54, 1.807) is 11.8 Å². The van der Waals surface area contributed by atoms with Crippen LogP contribution in [0.3, 0.4) is 0 Å². The Morgan fingerprint density at radius 2 is 2.00 bits per heavy atom. The van der Waals surface area contributed by atoms with Crippen molar-refractivity contribution in [1.29, 1.82) is 0 Å². The fraction of sp³-hybridized carbons (Fsp3) is 0.333. The highest BCUT2D eigenvalue weighted by atomic mass is 16.5. The lowest BCUT2D eigenvalue weighted by Crippen LogP contribution is -2.32. The lowest BCUT2D eigenvalue weighted by atomic mass is 9.93. The molecule has 2 aromatic carbocycles. The molecule has 3 rings (SSSR count).